The molecule has 0 saturated heterocycles. The van der Waals surface area contributed by atoms with Crippen molar-refractivity contribution in [2.45, 2.75) is 39.2 Å². The topological polar surface area (TPSA) is 93.7 Å². The Hall–Kier alpha value is -3.35. The van der Waals surface area contributed by atoms with Gasteiger partial charge in [0.1, 0.15) is 12.3 Å². The third kappa shape index (κ3) is 6.62. The fourth-order valence-corrected chi connectivity index (χ4v) is 2.59. The van der Waals surface area contributed by atoms with E-state index in [2.05, 4.69) is 31.4 Å². The van der Waals surface area contributed by atoms with Crippen LogP contribution in [-0.4, -0.2) is 37.5 Å². The van der Waals surface area contributed by atoms with Crippen LogP contribution in [0.2, 0.25) is 0 Å². The Morgan fingerprint density at radius 1 is 0.967 bits per heavy atom. The van der Waals surface area contributed by atoms with E-state index in [1.807, 2.05) is 12.1 Å². The summed E-state index contributed by atoms with van der Waals surface area (Å²) in [4.78, 5) is 36.4. The molecule has 30 heavy (non-hydrogen) atoms. The molecule has 2 rings (SSSR count). The van der Waals surface area contributed by atoms with E-state index in [0.29, 0.717) is 17.0 Å². The molecule has 0 saturated carbocycles. The zero-order chi connectivity index (χ0) is 22.3. The van der Waals surface area contributed by atoms with E-state index in [9.17, 15) is 14.4 Å². The van der Waals surface area contributed by atoms with Gasteiger partial charge in [-0.3, -0.25) is 14.4 Å². The molecule has 1 atom stereocenters. The molecular weight excluding hydrogens is 384 g/mol. The highest BCUT2D eigenvalue weighted by Crippen LogP contribution is 2.22. The van der Waals surface area contributed by atoms with Crippen molar-refractivity contribution in [3.8, 4) is 5.75 Å². The molecule has 2 N–H and O–H groups in total. The smallest absolute Gasteiger partial charge is 0.326 e. The Bertz CT molecular complexity index is 883. The van der Waals surface area contributed by atoms with E-state index in [-0.39, 0.29) is 17.9 Å². The molecule has 2 aromatic rings. The number of hydrogen-bond donors (Lipinski definition) is 2. The predicted molar refractivity (Wildman–Crippen MR) is 115 cm³/mol. The fraction of sp³-hybridized carbons (Fsp3) is 0.348. The lowest BCUT2D eigenvalue weighted by Crippen LogP contribution is -2.35. The number of carbonyl (C=O) groups excluding carboxylic acids is 3. The molecule has 0 heterocycles. The van der Waals surface area contributed by atoms with Gasteiger partial charge in [-0.15, -0.1) is 0 Å². The van der Waals surface area contributed by atoms with Crippen molar-refractivity contribution >= 4 is 23.5 Å². The number of rotatable bonds is 7. The largest absolute Gasteiger partial charge is 0.497 e. The Morgan fingerprint density at radius 3 is 2.10 bits per heavy atom. The average molecular weight is 412 g/mol. The molecule has 7 nitrogen and oxygen atoms in total. The first kappa shape index (κ1) is 22.9. The molecule has 2 amide bonds. The number of ether oxygens (including phenoxy) is 2. The first-order chi connectivity index (χ1) is 14.1. The minimum atomic E-state index is -1.01. The van der Waals surface area contributed by atoms with Gasteiger partial charge in [0.05, 0.1) is 7.11 Å². The second-order valence-corrected chi connectivity index (χ2v) is 7.86. The maximum absolute atomic E-state index is 12.2. The zero-order valence-electron chi connectivity index (χ0n) is 17.9. The van der Waals surface area contributed by atoms with Crippen molar-refractivity contribution in [2.75, 3.05) is 19.0 Å². The number of amides is 2. The molecule has 0 aromatic heterocycles. The molecule has 0 radical (unpaired) electrons. The number of benzene rings is 2. The van der Waals surface area contributed by atoms with E-state index < -0.39 is 18.0 Å². The molecule has 0 spiro atoms. The van der Waals surface area contributed by atoms with Crippen LogP contribution in [0.1, 0.15) is 43.6 Å². The summed E-state index contributed by atoms with van der Waals surface area (Å²) < 4.78 is 10.1. The van der Waals surface area contributed by atoms with Crippen molar-refractivity contribution in [3.63, 3.8) is 0 Å². The first-order valence-electron chi connectivity index (χ1n) is 9.63. The molecule has 0 fully saturated rings. The normalized spacial score (nSPS) is 11.9. The molecule has 160 valence electrons. The van der Waals surface area contributed by atoms with E-state index in [1.165, 1.54) is 6.92 Å². The van der Waals surface area contributed by atoms with E-state index in [0.717, 1.165) is 5.56 Å². The summed E-state index contributed by atoms with van der Waals surface area (Å²) in [7, 11) is 1.55. The van der Waals surface area contributed by atoms with Crippen LogP contribution < -0.4 is 15.4 Å². The van der Waals surface area contributed by atoms with Gasteiger partial charge in [0.2, 0.25) is 0 Å². The number of anilines is 1. The van der Waals surface area contributed by atoms with Gasteiger partial charge >= 0.3 is 5.97 Å². The Kier molecular flexibility index (Phi) is 7.58. The lowest BCUT2D eigenvalue weighted by atomic mass is 9.87. The average Bonchev–Trinajstić information content (AvgIpc) is 2.72. The second kappa shape index (κ2) is 9.91. The van der Waals surface area contributed by atoms with Crippen LogP contribution in [0.3, 0.4) is 0 Å². The van der Waals surface area contributed by atoms with Crippen LogP contribution in [-0.2, 0) is 19.7 Å². The molecule has 0 bridgehead atoms. The van der Waals surface area contributed by atoms with Gasteiger partial charge in [-0.1, -0.05) is 32.9 Å². The van der Waals surface area contributed by atoms with Crippen LogP contribution in [0.25, 0.3) is 0 Å². The quantitative estimate of drug-likeness (QED) is 0.681. The minimum Gasteiger partial charge on any atom is -0.497 e. The van der Waals surface area contributed by atoms with Crippen molar-refractivity contribution in [2.24, 2.45) is 0 Å². The van der Waals surface area contributed by atoms with Crippen LogP contribution >= 0.6 is 0 Å². The summed E-state index contributed by atoms with van der Waals surface area (Å²) in [6.07, 6.45) is -1.01. The highest BCUT2D eigenvalue weighted by Gasteiger charge is 2.19. The number of hydrogen-bond acceptors (Lipinski definition) is 5. The van der Waals surface area contributed by atoms with E-state index in [4.69, 9.17) is 9.47 Å². The maximum Gasteiger partial charge on any atom is 0.326 e. The van der Waals surface area contributed by atoms with Gasteiger partial charge in [-0.05, 0) is 54.3 Å². The van der Waals surface area contributed by atoms with Gasteiger partial charge in [0.25, 0.3) is 11.8 Å². The van der Waals surface area contributed by atoms with Crippen molar-refractivity contribution in [1.82, 2.24) is 5.32 Å². The van der Waals surface area contributed by atoms with Gasteiger partial charge in [-0.2, -0.15) is 0 Å². The van der Waals surface area contributed by atoms with E-state index >= 15 is 0 Å². The number of esters is 1. The summed E-state index contributed by atoms with van der Waals surface area (Å²) in [6, 6.07) is 14.0. The van der Waals surface area contributed by atoms with Gasteiger partial charge in [-0.25, -0.2) is 0 Å². The maximum atomic E-state index is 12.2. The molecule has 0 unspecified atom stereocenters. The monoisotopic (exact) mass is 412 g/mol. The van der Waals surface area contributed by atoms with Crippen molar-refractivity contribution < 1.29 is 23.9 Å². The predicted octanol–water partition coefficient (Wildman–Crippen LogP) is 3.29. The summed E-state index contributed by atoms with van der Waals surface area (Å²) in [5, 5.41) is 5.15. The molecule has 0 aliphatic carbocycles. The minimum absolute atomic E-state index is 0.0126. The number of carbonyl (C=O) groups is 3. The van der Waals surface area contributed by atoms with Crippen LogP contribution in [0.4, 0.5) is 5.69 Å². The molecule has 2 aromatic carbocycles. The van der Waals surface area contributed by atoms with Crippen molar-refractivity contribution in [3.05, 3.63) is 59.7 Å². The van der Waals surface area contributed by atoms with Crippen molar-refractivity contribution in [1.29, 1.82) is 0 Å². The Balaban J connectivity index is 1.81. The molecular formula is C23H28N2O5. The lowest BCUT2D eigenvalue weighted by molar-refractivity contribution is -0.152. The molecule has 0 aliphatic rings. The first-order valence-corrected chi connectivity index (χ1v) is 9.63. The number of nitrogens with one attached hydrogen (secondary N) is 2. The van der Waals surface area contributed by atoms with Crippen LogP contribution in [0.15, 0.2) is 48.5 Å². The lowest BCUT2D eigenvalue weighted by Gasteiger charge is -2.19. The third-order valence-corrected chi connectivity index (χ3v) is 4.44. The standard InChI is InChI=1S/C23H28N2O5/c1-15(21(27)25-18-10-12-19(29-5)13-11-18)30-20(26)14-24-22(28)16-6-8-17(9-7-16)23(2,3)4/h6-13,15H,14H2,1-5H3,(H,24,28)(H,25,27)/t15-/m1/s1. The fourth-order valence-electron chi connectivity index (χ4n) is 2.59. The van der Waals surface area contributed by atoms with Gasteiger partial charge < -0.3 is 20.1 Å². The number of methoxy groups -OCH3 is 1. The molecule has 0 aliphatic heterocycles. The van der Waals surface area contributed by atoms with Crippen LogP contribution in [0.5, 0.6) is 5.75 Å². The van der Waals surface area contributed by atoms with Gasteiger partial charge in [0, 0.05) is 11.3 Å². The van der Waals surface area contributed by atoms with E-state index in [1.54, 1.807) is 43.5 Å². The van der Waals surface area contributed by atoms with Crippen LogP contribution in [0, 0.1) is 0 Å². The summed E-state index contributed by atoms with van der Waals surface area (Å²) in [5.74, 6) is -0.899. The second-order valence-electron chi connectivity index (χ2n) is 7.86. The zero-order valence-corrected chi connectivity index (χ0v) is 17.9. The highest BCUT2D eigenvalue weighted by molar-refractivity contribution is 5.97. The van der Waals surface area contributed by atoms with Gasteiger partial charge in [0.15, 0.2) is 6.10 Å². The summed E-state index contributed by atoms with van der Waals surface area (Å²) in [6.45, 7) is 7.39. The Morgan fingerprint density at radius 2 is 1.57 bits per heavy atom. The Labute approximate surface area is 176 Å². The summed E-state index contributed by atoms with van der Waals surface area (Å²) in [5.41, 5.74) is 2.09. The molecule has 7 heteroatoms. The third-order valence-electron chi connectivity index (χ3n) is 4.44. The summed E-state index contributed by atoms with van der Waals surface area (Å²) >= 11 is 0. The highest BCUT2D eigenvalue weighted by atomic mass is 16.5. The SMILES string of the molecule is COc1ccc(NC(=O)[C@@H](C)OC(=O)CNC(=O)c2ccc(C(C)(C)C)cc2)cc1.